The molecule has 4 aliphatic carbocycles. The van der Waals surface area contributed by atoms with Crippen LogP contribution in [0.4, 0.5) is 8.78 Å². The Hall–Kier alpha value is -1.50. The molecule has 2 N–H and O–H groups in total. The lowest BCUT2D eigenvalue weighted by atomic mass is 9.65. The van der Waals surface area contributed by atoms with Crippen LogP contribution < -0.4 is 5.73 Å². The number of amides is 2. The van der Waals surface area contributed by atoms with E-state index in [2.05, 4.69) is 15.9 Å². The van der Waals surface area contributed by atoms with Crippen LogP contribution in [0.1, 0.15) is 47.5 Å². The van der Waals surface area contributed by atoms with Gasteiger partial charge in [0, 0.05) is 10.0 Å². The minimum absolute atomic E-state index is 0.175. The topological polar surface area (TPSA) is 63.4 Å². The molecule has 144 valence electrons. The van der Waals surface area contributed by atoms with Crippen LogP contribution in [-0.4, -0.2) is 35.7 Å². The summed E-state index contributed by atoms with van der Waals surface area (Å²) in [6.45, 7) is -1.02. The summed E-state index contributed by atoms with van der Waals surface area (Å²) in [5.41, 5.74) is 6.87. The number of nitrogens with zero attached hydrogens (tertiary/aromatic N) is 1. The number of likely N-dealkylation sites (tertiary alicyclic amines) is 1. The number of nitrogens with two attached hydrogens (primary N) is 1. The molecule has 2 unspecified atom stereocenters. The first kappa shape index (κ1) is 17.6. The van der Waals surface area contributed by atoms with E-state index in [0.29, 0.717) is 23.3 Å². The third-order valence-corrected chi connectivity index (χ3v) is 7.95. The fourth-order valence-corrected chi connectivity index (χ4v) is 6.83. The molecule has 1 aromatic rings. The summed E-state index contributed by atoms with van der Waals surface area (Å²) in [4.78, 5) is 26.3. The largest absolute Gasteiger partial charge is 0.369 e. The molecule has 1 aliphatic heterocycles. The van der Waals surface area contributed by atoms with Gasteiger partial charge in [-0.3, -0.25) is 9.59 Å². The molecule has 5 aliphatic rings. The Morgan fingerprint density at radius 1 is 1.15 bits per heavy atom. The molecule has 4 bridgehead atoms. The molecule has 1 aromatic carbocycles. The van der Waals surface area contributed by atoms with Crippen LogP contribution in [0.5, 0.6) is 0 Å². The highest BCUT2D eigenvalue weighted by Gasteiger charge is 2.64. The molecule has 5 fully saturated rings. The zero-order valence-corrected chi connectivity index (χ0v) is 16.3. The van der Waals surface area contributed by atoms with Crippen LogP contribution in [-0.2, 0) is 4.79 Å². The van der Waals surface area contributed by atoms with E-state index in [0.717, 1.165) is 35.7 Å². The van der Waals surface area contributed by atoms with Crippen molar-refractivity contribution in [1.29, 1.82) is 0 Å². The molecule has 0 radical (unpaired) electrons. The molecule has 2 amide bonds. The van der Waals surface area contributed by atoms with E-state index in [9.17, 15) is 18.4 Å². The minimum Gasteiger partial charge on any atom is -0.369 e. The number of primary amides is 1. The Kier molecular flexibility index (Phi) is 3.60. The summed E-state index contributed by atoms with van der Waals surface area (Å²) in [5, 5.41) is 0. The Labute approximate surface area is 164 Å². The van der Waals surface area contributed by atoms with Gasteiger partial charge in [0.1, 0.15) is 0 Å². The van der Waals surface area contributed by atoms with Crippen molar-refractivity contribution in [2.24, 2.45) is 28.9 Å². The Morgan fingerprint density at radius 3 is 2.30 bits per heavy atom. The molecule has 1 saturated heterocycles. The van der Waals surface area contributed by atoms with Crippen LogP contribution in [0.2, 0.25) is 0 Å². The van der Waals surface area contributed by atoms with E-state index < -0.39 is 19.0 Å². The first-order valence-electron chi connectivity index (χ1n) is 9.47. The van der Waals surface area contributed by atoms with Crippen LogP contribution in [0, 0.1) is 23.2 Å². The fraction of sp³-hybridized carbons (Fsp3) is 0.600. The van der Waals surface area contributed by atoms with Gasteiger partial charge in [-0.15, -0.1) is 0 Å². The lowest BCUT2D eigenvalue weighted by molar-refractivity contribution is -0.129. The number of benzene rings is 1. The highest BCUT2D eigenvalue weighted by molar-refractivity contribution is 9.10. The van der Waals surface area contributed by atoms with Gasteiger partial charge in [0.2, 0.25) is 5.91 Å². The van der Waals surface area contributed by atoms with Gasteiger partial charge in [0.25, 0.3) is 11.8 Å². The molecule has 4 nitrogen and oxygen atoms in total. The second-order valence-corrected chi connectivity index (χ2v) is 9.81. The monoisotopic (exact) mass is 438 g/mol. The van der Waals surface area contributed by atoms with Crippen molar-refractivity contribution >= 4 is 27.7 Å². The van der Waals surface area contributed by atoms with Crippen molar-refractivity contribution in [1.82, 2.24) is 4.90 Å². The van der Waals surface area contributed by atoms with E-state index in [-0.39, 0.29) is 23.1 Å². The van der Waals surface area contributed by atoms with Gasteiger partial charge < -0.3 is 10.6 Å². The van der Waals surface area contributed by atoms with Crippen molar-refractivity contribution in [3.05, 3.63) is 33.8 Å². The molecular formula is C20H21BrF2N2O2. The van der Waals surface area contributed by atoms with Crippen molar-refractivity contribution in [2.45, 2.75) is 37.5 Å². The molecular weight excluding hydrogens is 418 g/mol. The number of hydrogen-bond acceptors (Lipinski definition) is 2. The zero-order valence-electron chi connectivity index (χ0n) is 14.8. The Balaban J connectivity index is 1.49. The quantitative estimate of drug-likeness (QED) is 0.783. The molecule has 2 atom stereocenters. The van der Waals surface area contributed by atoms with Gasteiger partial charge in [0.15, 0.2) is 0 Å². The highest BCUT2D eigenvalue weighted by atomic mass is 79.9. The third kappa shape index (κ3) is 2.43. The minimum atomic E-state index is -2.78. The third-order valence-electron chi connectivity index (χ3n) is 7.45. The number of hydrogen-bond donors (Lipinski definition) is 1. The average molecular weight is 439 g/mol. The summed E-state index contributed by atoms with van der Waals surface area (Å²) in [5.74, 6) is -2.04. The second-order valence-electron chi connectivity index (χ2n) is 8.89. The predicted octanol–water partition coefficient (Wildman–Crippen LogP) is 3.55. The Bertz CT molecular complexity index is 834. The number of carbonyl (C=O) groups is 2. The summed E-state index contributed by atoms with van der Waals surface area (Å²) in [7, 11) is 0. The lowest BCUT2D eigenvalue weighted by Crippen LogP contribution is -2.58. The SMILES string of the molecule is NC(=O)C12CC3CC1CC(C2)C3c1ccc(Br)cc1C(=O)N1CC(F)(F)C1. The summed E-state index contributed by atoms with van der Waals surface area (Å²) in [6.07, 6.45) is 3.52. The smallest absolute Gasteiger partial charge is 0.282 e. The summed E-state index contributed by atoms with van der Waals surface area (Å²) in [6, 6.07) is 5.63. The first-order chi connectivity index (χ1) is 12.7. The number of carbonyl (C=O) groups excluding carboxylic acids is 2. The van der Waals surface area contributed by atoms with Crippen molar-refractivity contribution in [3.63, 3.8) is 0 Å². The molecule has 6 rings (SSSR count). The number of alkyl halides is 2. The molecule has 0 aromatic heterocycles. The second kappa shape index (κ2) is 5.52. The maximum atomic E-state index is 13.3. The molecule has 1 heterocycles. The van der Waals surface area contributed by atoms with Crippen LogP contribution in [0.25, 0.3) is 0 Å². The zero-order chi connectivity index (χ0) is 19.1. The van der Waals surface area contributed by atoms with Crippen molar-refractivity contribution in [3.8, 4) is 0 Å². The average Bonchev–Trinajstić information content (AvgIpc) is 3.02. The van der Waals surface area contributed by atoms with E-state index in [1.165, 1.54) is 4.90 Å². The lowest BCUT2D eigenvalue weighted by Gasteiger charge is -2.41. The van der Waals surface area contributed by atoms with E-state index >= 15 is 0 Å². The Morgan fingerprint density at radius 2 is 1.78 bits per heavy atom. The van der Waals surface area contributed by atoms with Gasteiger partial charge in [-0.25, -0.2) is 8.78 Å². The fourth-order valence-electron chi connectivity index (χ4n) is 6.47. The number of halogens is 3. The van der Waals surface area contributed by atoms with Crippen molar-refractivity contribution < 1.29 is 18.4 Å². The van der Waals surface area contributed by atoms with Crippen molar-refractivity contribution in [2.75, 3.05) is 13.1 Å². The molecule has 7 heteroatoms. The van der Waals surface area contributed by atoms with E-state index in [4.69, 9.17) is 5.73 Å². The van der Waals surface area contributed by atoms with Gasteiger partial charge in [-0.1, -0.05) is 22.0 Å². The molecule has 27 heavy (non-hydrogen) atoms. The standard InChI is InChI=1S/C20H21BrF2N2O2/c21-13-1-2-14(15(5-13)17(26)25-8-20(22,23)9-25)16-10-3-12-4-11(16)7-19(12,6-10)18(24)27/h1-2,5,10-12,16H,3-4,6-9H2,(H2,24,27). The van der Waals surface area contributed by atoms with Gasteiger partial charge in [0.05, 0.1) is 18.5 Å². The number of rotatable bonds is 3. The van der Waals surface area contributed by atoms with E-state index in [1.54, 1.807) is 6.07 Å². The predicted molar refractivity (Wildman–Crippen MR) is 98.3 cm³/mol. The normalized spacial score (nSPS) is 38.1. The maximum Gasteiger partial charge on any atom is 0.282 e. The van der Waals surface area contributed by atoms with Crippen LogP contribution >= 0.6 is 15.9 Å². The molecule has 0 spiro atoms. The maximum absolute atomic E-state index is 13.3. The van der Waals surface area contributed by atoms with Crippen LogP contribution in [0.3, 0.4) is 0 Å². The summed E-state index contributed by atoms with van der Waals surface area (Å²) >= 11 is 3.41. The molecule has 4 saturated carbocycles. The van der Waals surface area contributed by atoms with E-state index in [1.807, 2.05) is 12.1 Å². The first-order valence-corrected chi connectivity index (χ1v) is 10.3. The van der Waals surface area contributed by atoms with Gasteiger partial charge in [-0.2, -0.15) is 0 Å². The van der Waals surface area contributed by atoms with Gasteiger partial charge in [-0.05, 0) is 67.1 Å². The highest BCUT2D eigenvalue weighted by Crippen LogP contribution is 2.69. The van der Waals surface area contributed by atoms with Crippen LogP contribution in [0.15, 0.2) is 22.7 Å². The van der Waals surface area contributed by atoms with Gasteiger partial charge >= 0.3 is 0 Å². The summed E-state index contributed by atoms with van der Waals surface area (Å²) < 4.78 is 27.3.